The van der Waals surface area contributed by atoms with Crippen molar-refractivity contribution in [2.45, 2.75) is 50.2 Å². The van der Waals surface area contributed by atoms with Crippen molar-refractivity contribution in [2.24, 2.45) is 0 Å². The molecule has 2 N–H and O–H groups in total. The molecule has 1 unspecified atom stereocenters. The van der Waals surface area contributed by atoms with E-state index in [-0.39, 0.29) is 0 Å². The van der Waals surface area contributed by atoms with Crippen LogP contribution < -0.4 is 0 Å². The topological polar surface area (TPSA) is 40.5 Å². The Balaban J connectivity index is 2.38. The van der Waals surface area contributed by atoms with E-state index in [1.165, 1.54) is 0 Å². The Morgan fingerprint density at radius 1 is 1.42 bits per heavy atom. The fourth-order valence-corrected chi connectivity index (χ4v) is 1.86. The molecule has 70 valence electrons. The molecule has 0 aromatic rings. The molecule has 0 aromatic heterocycles. The van der Waals surface area contributed by atoms with E-state index < -0.39 is 11.7 Å². The predicted octanol–water partition coefficient (Wildman–Crippen LogP) is 1.62. The summed E-state index contributed by atoms with van der Waals surface area (Å²) < 4.78 is 0. The van der Waals surface area contributed by atoms with Gasteiger partial charge in [-0.3, -0.25) is 0 Å². The first-order chi connectivity index (χ1) is 5.69. The molecule has 0 amide bonds. The lowest BCUT2D eigenvalue weighted by molar-refractivity contribution is -0.0723. The molecule has 0 heterocycles. The average molecular weight is 170 g/mol. The molecule has 2 heteroatoms. The summed E-state index contributed by atoms with van der Waals surface area (Å²) in [6.07, 6.45) is 6.24. The third-order valence-electron chi connectivity index (χ3n) is 2.73. The summed E-state index contributed by atoms with van der Waals surface area (Å²) in [5.74, 6) is 0. The van der Waals surface area contributed by atoms with Gasteiger partial charge in [-0.1, -0.05) is 18.9 Å². The molecule has 1 aliphatic rings. The standard InChI is InChI=1S/C10H18O2/c1-2-3-6-9(11)10(12)7-4-5-8-10/h2,9,11-12H,1,3-8H2. The minimum Gasteiger partial charge on any atom is -0.390 e. The SMILES string of the molecule is C=CCCC(O)C1(O)CCCC1. The minimum absolute atomic E-state index is 0.557. The first-order valence-electron chi connectivity index (χ1n) is 4.70. The quantitative estimate of drug-likeness (QED) is 0.629. The Kier molecular flexibility index (Phi) is 3.29. The zero-order valence-corrected chi connectivity index (χ0v) is 7.50. The van der Waals surface area contributed by atoms with E-state index in [9.17, 15) is 10.2 Å². The van der Waals surface area contributed by atoms with Crippen LogP contribution in [0.5, 0.6) is 0 Å². The summed E-state index contributed by atoms with van der Waals surface area (Å²) >= 11 is 0. The maximum absolute atomic E-state index is 9.90. The summed E-state index contributed by atoms with van der Waals surface area (Å²) in [5.41, 5.74) is -0.789. The number of rotatable bonds is 4. The van der Waals surface area contributed by atoms with Crippen molar-refractivity contribution >= 4 is 0 Å². The molecule has 2 nitrogen and oxygen atoms in total. The van der Waals surface area contributed by atoms with Crippen LogP contribution in [0.15, 0.2) is 12.7 Å². The molecule has 1 aliphatic carbocycles. The van der Waals surface area contributed by atoms with Gasteiger partial charge < -0.3 is 10.2 Å². The van der Waals surface area contributed by atoms with E-state index in [1.807, 2.05) is 0 Å². The Morgan fingerprint density at radius 3 is 2.50 bits per heavy atom. The van der Waals surface area contributed by atoms with Gasteiger partial charge >= 0.3 is 0 Å². The lowest BCUT2D eigenvalue weighted by Gasteiger charge is -2.28. The molecule has 0 radical (unpaired) electrons. The highest BCUT2D eigenvalue weighted by Gasteiger charge is 2.37. The van der Waals surface area contributed by atoms with Crippen molar-refractivity contribution in [3.8, 4) is 0 Å². The number of hydrogen-bond acceptors (Lipinski definition) is 2. The number of allylic oxidation sites excluding steroid dienone is 1. The van der Waals surface area contributed by atoms with Gasteiger partial charge in [0.1, 0.15) is 0 Å². The molecular formula is C10H18O2. The van der Waals surface area contributed by atoms with Crippen molar-refractivity contribution in [3.63, 3.8) is 0 Å². The number of aliphatic hydroxyl groups excluding tert-OH is 1. The van der Waals surface area contributed by atoms with Crippen LogP contribution in [0.1, 0.15) is 38.5 Å². The van der Waals surface area contributed by atoms with Gasteiger partial charge in [-0.05, 0) is 25.7 Å². The van der Waals surface area contributed by atoms with Crippen LogP contribution in [0.25, 0.3) is 0 Å². The van der Waals surface area contributed by atoms with Crippen LogP contribution in [0, 0.1) is 0 Å². The van der Waals surface area contributed by atoms with E-state index >= 15 is 0 Å². The van der Waals surface area contributed by atoms with Gasteiger partial charge in [0.2, 0.25) is 0 Å². The molecule has 1 fully saturated rings. The molecule has 0 aromatic carbocycles. The van der Waals surface area contributed by atoms with Gasteiger partial charge in [-0.15, -0.1) is 6.58 Å². The molecule has 12 heavy (non-hydrogen) atoms. The average Bonchev–Trinajstić information content (AvgIpc) is 2.49. The van der Waals surface area contributed by atoms with Crippen LogP contribution in [-0.4, -0.2) is 21.9 Å². The number of hydrogen-bond donors (Lipinski definition) is 2. The van der Waals surface area contributed by atoms with Gasteiger partial charge in [0.25, 0.3) is 0 Å². The fourth-order valence-electron chi connectivity index (χ4n) is 1.86. The highest BCUT2D eigenvalue weighted by Crippen LogP contribution is 2.33. The zero-order chi connectivity index (χ0) is 9.03. The third kappa shape index (κ3) is 2.08. The van der Waals surface area contributed by atoms with Crippen molar-refractivity contribution in [2.75, 3.05) is 0 Å². The van der Waals surface area contributed by atoms with Crippen LogP contribution in [-0.2, 0) is 0 Å². The molecule has 0 bridgehead atoms. The van der Waals surface area contributed by atoms with E-state index in [1.54, 1.807) is 6.08 Å². The van der Waals surface area contributed by atoms with Gasteiger partial charge in [-0.2, -0.15) is 0 Å². The van der Waals surface area contributed by atoms with Gasteiger partial charge in [0, 0.05) is 0 Å². The minimum atomic E-state index is -0.789. The highest BCUT2D eigenvalue weighted by atomic mass is 16.3. The highest BCUT2D eigenvalue weighted by molar-refractivity contribution is 4.91. The molecule has 0 spiro atoms. The van der Waals surface area contributed by atoms with E-state index in [2.05, 4.69) is 6.58 Å². The summed E-state index contributed by atoms with van der Waals surface area (Å²) in [6, 6.07) is 0. The monoisotopic (exact) mass is 170 g/mol. The first kappa shape index (κ1) is 9.75. The Morgan fingerprint density at radius 2 is 2.00 bits per heavy atom. The van der Waals surface area contributed by atoms with Gasteiger partial charge in [0.15, 0.2) is 0 Å². The third-order valence-corrected chi connectivity index (χ3v) is 2.73. The van der Waals surface area contributed by atoms with Crippen LogP contribution >= 0.6 is 0 Å². The van der Waals surface area contributed by atoms with Crippen LogP contribution in [0.3, 0.4) is 0 Å². The molecule has 0 aliphatic heterocycles. The molecule has 0 saturated heterocycles. The zero-order valence-electron chi connectivity index (χ0n) is 7.50. The summed E-state index contributed by atoms with van der Waals surface area (Å²) in [6.45, 7) is 3.59. The smallest absolute Gasteiger partial charge is 0.0905 e. The molecule has 1 rings (SSSR count). The lowest BCUT2D eigenvalue weighted by Crippen LogP contribution is -2.39. The van der Waals surface area contributed by atoms with Crippen molar-refractivity contribution < 1.29 is 10.2 Å². The van der Waals surface area contributed by atoms with Gasteiger partial charge in [0.05, 0.1) is 11.7 Å². The summed E-state index contributed by atoms with van der Waals surface area (Å²) in [7, 11) is 0. The Bertz CT molecular complexity index is 148. The molecular weight excluding hydrogens is 152 g/mol. The Labute approximate surface area is 73.9 Å². The van der Waals surface area contributed by atoms with Crippen molar-refractivity contribution in [1.82, 2.24) is 0 Å². The number of aliphatic hydroxyl groups is 2. The first-order valence-corrected chi connectivity index (χ1v) is 4.70. The van der Waals surface area contributed by atoms with Crippen molar-refractivity contribution in [1.29, 1.82) is 0 Å². The maximum Gasteiger partial charge on any atom is 0.0905 e. The normalized spacial score (nSPS) is 23.8. The Hall–Kier alpha value is -0.340. The van der Waals surface area contributed by atoms with E-state index in [4.69, 9.17) is 0 Å². The van der Waals surface area contributed by atoms with E-state index in [0.717, 1.165) is 32.1 Å². The maximum atomic E-state index is 9.90. The lowest BCUT2D eigenvalue weighted by atomic mass is 9.92. The molecule has 1 atom stereocenters. The second kappa shape index (κ2) is 4.06. The van der Waals surface area contributed by atoms with Gasteiger partial charge in [-0.25, -0.2) is 0 Å². The molecule has 1 saturated carbocycles. The predicted molar refractivity (Wildman–Crippen MR) is 48.9 cm³/mol. The van der Waals surface area contributed by atoms with Crippen LogP contribution in [0.4, 0.5) is 0 Å². The van der Waals surface area contributed by atoms with E-state index in [0.29, 0.717) is 6.42 Å². The largest absolute Gasteiger partial charge is 0.390 e. The summed E-state index contributed by atoms with van der Waals surface area (Å²) in [4.78, 5) is 0. The second-order valence-electron chi connectivity index (χ2n) is 3.69. The van der Waals surface area contributed by atoms with Crippen molar-refractivity contribution in [3.05, 3.63) is 12.7 Å². The van der Waals surface area contributed by atoms with Crippen LogP contribution in [0.2, 0.25) is 0 Å². The summed E-state index contributed by atoms with van der Waals surface area (Å²) in [5, 5.41) is 19.5. The second-order valence-corrected chi connectivity index (χ2v) is 3.69. The fraction of sp³-hybridized carbons (Fsp3) is 0.800.